The van der Waals surface area contributed by atoms with Gasteiger partial charge in [-0.3, -0.25) is 0 Å². The quantitative estimate of drug-likeness (QED) is 0.598. The van der Waals surface area contributed by atoms with Gasteiger partial charge in [-0.05, 0) is 61.6 Å². The minimum atomic E-state index is 0.356. The van der Waals surface area contributed by atoms with Gasteiger partial charge in [0.25, 0.3) is 0 Å². The van der Waals surface area contributed by atoms with E-state index in [1.54, 1.807) is 0 Å². The van der Waals surface area contributed by atoms with Gasteiger partial charge < -0.3 is 0 Å². The summed E-state index contributed by atoms with van der Waals surface area (Å²) in [5, 5.41) is 0. The van der Waals surface area contributed by atoms with Gasteiger partial charge in [-0.25, -0.2) is 0 Å². The number of rotatable bonds is 4. The Morgan fingerprint density at radius 2 is 1.70 bits per heavy atom. The van der Waals surface area contributed by atoms with Crippen LogP contribution in [0.3, 0.4) is 0 Å². The average molecular weight is 352 g/mol. The summed E-state index contributed by atoms with van der Waals surface area (Å²) in [5.41, 5.74) is 6.80. The Kier molecular flexibility index (Phi) is 5.29. The normalized spacial score (nSPS) is 12.4. The molecule has 20 heavy (non-hydrogen) atoms. The molecule has 0 fully saturated rings. The molecule has 106 valence electrons. The summed E-state index contributed by atoms with van der Waals surface area (Å²) in [6, 6.07) is 13.0. The summed E-state index contributed by atoms with van der Waals surface area (Å²) in [4.78, 5) is 0. The van der Waals surface area contributed by atoms with Crippen LogP contribution in [0.5, 0.6) is 0 Å². The standard InChI is InChI=1S/C18H20BrCl/c1-12-7-13(2)18(14(3)8-12)10-16(11-20)15-5-4-6-17(19)9-15/h4-9,16H,10-11H2,1-3H3. The number of hydrogen-bond acceptors (Lipinski definition) is 0. The molecule has 2 rings (SSSR count). The van der Waals surface area contributed by atoms with Crippen LogP contribution >= 0.6 is 27.5 Å². The van der Waals surface area contributed by atoms with Crippen molar-refractivity contribution in [1.82, 2.24) is 0 Å². The molecular weight excluding hydrogens is 332 g/mol. The van der Waals surface area contributed by atoms with Crippen molar-refractivity contribution < 1.29 is 0 Å². The Morgan fingerprint density at radius 3 is 2.25 bits per heavy atom. The van der Waals surface area contributed by atoms with Crippen molar-refractivity contribution in [1.29, 1.82) is 0 Å². The van der Waals surface area contributed by atoms with E-state index in [1.807, 2.05) is 0 Å². The maximum atomic E-state index is 6.22. The van der Waals surface area contributed by atoms with E-state index in [0.29, 0.717) is 11.8 Å². The predicted molar refractivity (Wildman–Crippen MR) is 92.0 cm³/mol. The highest BCUT2D eigenvalue weighted by Crippen LogP contribution is 2.28. The first-order chi connectivity index (χ1) is 9.51. The lowest BCUT2D eigenvalue weighted by Crippen LogP contribution is -2.07. The van der Waals surface area contributed by atoms with E-state index in [9.17, 15) is 0 Å². The zero-order valence-electron chi connectivity index (χ0n) is 12.2. The molecule has 0 aliphatic rings. The maximum absolute atomic E-state index is 6.22. The number of halogens is 2. The summed E-state index contributed by atoms with van der Waals surface area (Å²) in [5.74, 6) is 0.998. The molecule has 0 nitrogen and oxygen atoms in total. The Labute approximate surface area is 135 Å². The predicted octanol–water partition coefficient (Wildman–Crippen LogP) is 5.94. The molecule has 0 amide bonds. The molecule has 2 aromatic rings. The van der Waals surface area contributed by atoms with Crippen LogP contribution in [0.1, 0.15) is 33.7 Å². The molecule has 2 aromatic carbocycles. The van der Waals surface area contributed by atoms with Gasteiger partial charge in [-0.1, -0.05) is 45.8 Å². The van der Waals surface area contributed by atoms with Crippen LogP contribution in [-0.2, 0) is 6.42 Å². The molecule has 0 saturated carbocycles. The topological polar surface area (TPSA) is 0 Å². The summed E-state index contributed by atoms with van der Waals surface area (Å²) in [6.07, 6.45) is 0.998. The van der Waals surface area contributed by atoms with Crippen molar-refractivity contribution >= 4 is 27.5 Å². The van der Waals surface area contributed by atoms with Crippen molar-refractivity contribution in [2.45, 2.75) is 33.1 Å². The zero-order chi connectivity index (χ0) is 14.7. The first kappa shape index (κ1) is 15.6. The molecule has 0 aromatic heterocycles. The fourth-order valence-corrected chi connectivity index (χ4v) is 3.50. The molecule has 0 bridgehead atoms. The second-order valence-corrected chi connectivity index (χ2v) is 6.71. The first-order valence-electron chi connectivity index (χ1n) is 6.89. The second kappa shape index (κ2) is 6.78. The molecule has 0 aliphatic heterocycles. The van der Waals surface area contributed by atoms with Gasteiger partial charge in [0.05, 0.1) is 0 Å². The fourth-order valence-electron chi connectivity index (χ4n) is 2.80. The molecule has 0 heterocycles. The Balaban J connectivity index is 2.32. The molecule has 0 aliphatic carbocycles. The highest BCUT2D eigenvalue weighted by molar-refractivity contribution is 9.10. The largest absolute Gasteiger partial charge is 0.126 e. The second-order valence-electron chi connectivity index (χ2n) is 5.49. The van der Waals surface area contributed by atoms with Crippen LogP contribution in [0.4, 0.5) is 0 Å². The van der Waals surface area contributed by atoms with E-state index in [1.165, 1.54) is 27.8 Å². The monoisotopic (exact) mass is 350 g/mol. The number of benzene rings is 2. The van der Waals surface area contributed by atoms with Gasteiger partial charge >= 0.3 is 0 Å². The van der Waals surface area contributed by atoms with Crippen molar-refractivity contribution in [3.8, 4) is 0 Å². The molecule has 1 unspecified atom stereocenters. The number of aryl methyl sites for hydroxylation is 3. The SMILES string of the molecule is Cc1cc(C)c(CC(CCl)c2cccc(Br)c2)c(C)c1. The molecular formula is C18H20BrCl. The Hall–Kier alpha value is -0.790. The van der Waals surface area contributed by atoms with Gasteiger partial charge in [-0.2, -0.15) is 0 Å². The summed E-state index contributed by atoms with van der Waals surface area (Å²) in [7, 11) is 0. The van der Waals surface area contributed by atoms with Gasteiger partial charge in [0, 0.05) is 16.3 Å². The fraction of sp³-hybridized carbons (Fsp3) is 0.333. The Morgan fingerprint density at radius 1 is 1.05 bits per heavy atom. The van der Waals surface area contributed by atoms with Crippen molar-refractivity contribution in [3.05, 3.63) is 68.7 Å². The van der Waals surface area contributed by atoms with Crippen LogP contribution in [-0.4, -0.2) is 5.88 Å². The molecule has 0 spiro atoms. The minimum absolute atomic E-state index is 0.356. The number of hydrogen-bond donors (Lipinski definition) is 0. The lowest BCUT2D eigenvalue weighted by atomic mass is 9.88. The third kappa shape index (κ3) is 3.65. The van der Waals surface area contributed by atoms with Crippen LogP contribution in [0.2, 0.25) is 0 Å². The van der Waals surface area contributed by atoms with E-state index < -0.39 is 0 Å². The van der Waals surface area contributed by atoms with E-state index in [2.05, 4.69) is 73.1 Å². The molecule has 2 heteroatoms. The van der Waals surface area contributed by atoms with Gasteiger partial charge in [-0.15, -0.1) is 11.6 Å². The lowest BCUT2D eigenvalue weighted by molar-refractivity contribution is 0.757. The summed E-state index contributed by atoms with van der Waals surface area (Å²) in [6.45, 7) is 6.54. The van der Waals surface area contributed by atoms with Crippen molar-refractivity contribution in [3.63, 3.8) is 0 Å². The zero-order valence-corrected chi connectivity index (χ0v) is 14.6. The van der Waals surface area contributed by atoms with E-state index >= 15 is 0 Å². The maximum Gasteiger partial charge on any atom is 0.0295 e. The van der Waals surface area contributed by atoms with Gasteiger partial charge in [0.15, 0.2) is 0 Å². The van der Waals surface area contributed by atoms with Gasteiger partial charge in [0.1, 0.15) is 0 Å². The molecule has 0 saturated heterocycles. The Bertz CT molecular complexity index is 581. The van der Waals surface area contributed by atoms with Crippen LogP contribution in [0, 0.1) is 20.8 Å². The van der Waals surface area contributed by atoms with E-state index in [4.69, 9.17) is 11.6 Å². The van der Waals surface area contributed by atoms with E-state index in [-0.39, 0.29) is 0 Å². The van der Waals surface area contributed by atoms with Crippen LogP contribution in [0.25, 0.3) is 0 Å². The minimum Gasteiger partial charge on any atom is -0.126 e. The average Bonchev–Trinajstić information content (AvgIpc) is 2.38. The highest BCUT2D eigenvalue weighted by atomic mass is 79.9. The van der Waals surface area contributed by atoms with Crippen molar-refractivity contribution in [2.24, 2.45) is 0 Å². The number of alkyl halides is 1. The van der Waals surface area contributed by atoms with Crippen LogP contribution in [0.15, 0.2) is 40.9 Å². The highest BCUT2D eigenvalue weighted by Gasteiger charge is 2.14. The first-order valence-corrected chi connectivity index (χ1v) is 8.22. The molecule has 0 radical (unpaired) electrons. The van der Waals surface area contributed by atoms with Gasteiger partial charge in [0.2, 0.25) is 0 Å². The lowest BCUT2D eigenvalue weighted by Gasteiger charge is -2.18. The third-order valence-electron chi connectivity index (χ3n) is 3.80. The smallest absolute Gasteiger partial charge is 0.0295 e. The molecule has 1 atom stereocenters. The summed E-state index contributed by atoms with van der Waals surface area (Å²) >= 11 is 9.77. The van der Waals surface area contributed by atoms with Crippen molar-refractivity contribution in [2.75, 3.05) is 5.88 Å². The summed E-state index contributed by atoms with van der Waals surface area (Å²) < 4.78 is 1.11. The van der Waals surface area contributed by atoms with Crippen LogP contribution < -0.4 is 0 Å². The van der Waals surface area contributed by atoms with E-state index in [0.717, 1.165) is 10.9 Å². The molecule has 0 N–H and O–H groups in total. The third-order valence-corrected chi connectivity index (χ3v) is 4.66.